The lowest BCUT2D eigenvalue weighted by Crippen LogP contribution is -2.52. The highest BCUT2D eigenvalue weighted by atomic mass is 32.2. The van der Waals surface area contributed by atoms with Crippen LogP contribution in [0.5, 0.6) is 0 Å². The van der Waals surface area contributed by atoms with Crippen molar-refractivity contribution in [3.8, 4) is 0 Å². The van der Waals surface area contributed by atoms with Crippen LogP contribution < -0.4 is 5.32 Å². The Hall–Kier alpha value is -0.910. The fourth-order valence-electron chi connectivity index (χ4n) is 2.43. The molecule has 0 aliphatic carbocycles. The normalized spacial score (nSPS) is 21.5. The Morgan fingerprint density at radius 1 is 1.32 bits per heavy atom. The summed E-state index contributed by atoms with van der Waals surface area (Å²) in [6.07, 6.45) is 2.06. The van der Waals surface area contributed by atoms with Crippen LogP contribution in [0.15, 0.2) is 29.2 Å². The van der Waals surface area contributed by atoms with E-state index < -0.39 is 10.0 Å². The molecule has 5 heteroatoms. The molecule has 2 rings (SSSR count). The van der Waals surface area contributed by atoms with E-state index in [9.17, 15) is 8.42 Å². The van der Waals surface area contributed by atoms with Crippen molar-refractivity contribution in [1.29, 1.82) is 0 Å². The summed E-state index contributed by atoms with van der Waals surface area (Å²) in [6.45, 7) is 6.03. The molecule has 0 aromatic heterocycles. The van der Waals surface area contributed by atoms with E-state index in [2.05, 4.69) is 12.2 Å². The number of piperazine rings is 1. The molecule has 19 heavy (non-hydrogen) atoms. The monoisotopic (exact) mass is 282 g/mol. The fraction of sp³-hybridized carbons (Fsp3) is 0.571. The van der Waals surface area contributed by atoms with Crippen molar-refractivity contribution in [2.75, 3.05) is 19.6 Å². The van der Waals surface area contributed by atoms with Crippen LogP contribution >= 0.6 is 0 Å². The Bertz CT molecular complexity index is 511. The molecule has 106 valence electrons. The van der Waals surface area contributed by atoms with Crippen LogP contribution in [0, 0.1) is 0 Å². The summed E-state index contributed by atoms with van der Waals surface area (Å²) in [7, 11) is -3.35. The number of hydrogen-bond donors (Lipinski definition) is 1. The van der Waals surface area contributed by atoms with E-state index in [0.29, 0.717) is 18.0 Å². The maximum atomic E-state index is 12.6. The van der Waals surface area contributed by atoms with Gasteiger partial charge >= 0.3 is 0 Å². The molecular weight excluding hydrogens is 260 g/mol. The Kier molecular flexibility index (Phi) is 4.60. The van der Waals surface area contributed by atoms with Gasteiger partial charge in [0.25, 0.3) is 0 Å². The van der Waals surface area contributed by atoms with Gasteiger partial charge in [-0.25, -0.2) is 8.42 Å². The number of nitrogens with one attached hydrogen (secondary N) is 1. The number of aryl methyl sites for hydroxylation is 1. The summed E-state index contributed by atoms with van der Waals surface area (Å²) >= 11 is 0. The third-order valence-electron chi connectivity index (χ3n) is 3.51. The number of nitrogens with zero attached hydrogens (tertiary/aromatic N) is 1. The van der Waals surface area contributed by atoms with Crippen molar-refractivity contribution >= 4 is 10.0 Å². The second-order valence-electron chi connectivity index (χ2n) is 5.06. The second kappa shape index (κ2) is 6.03. The van der Waals surface area contributed by atoms with Crippen LogP contribution in [-0.4, -0.2) is 38.4 Å². The van der Waals surface area contributed by atoms with Gasteiger partial charge in [-0.3, -0.25) is 0 Å². The highest BCUT2D eigenvalue weighted by molar-refractivity contribution is 7.89. The average molecular weight is 282 g/mol. The van der Waals surface area contributed by atoms with Crippen LogP contribution in [0.1, 0.15) is 25.8 Å². The van der Waals surface area contributed by atoms with E-state index in [0.717, 1.165) is 19.4 Å². The first-order valence-corrected chi connectivity index (χ1v) is 8.31. The SMILES string of the molecule is CCCc1ccc(S(=O)(=O)N2CCNCC2C)cc1. The molecule has 1 aromatic rings. The van der Waals surface area contributed by atoms with E-state index in [-0.39, 0.29) is 6.04 Å². The Labute approximate surface area is 115 Å². The van der Waals surface area contributed by atoms with Crippen molar-refractivity contribution in [2.24, 2.45) is 0 Å². The zero-order chi connectivity index (χ0) is 13.9. The molecule has 0 radical (unpaired) electrons. The zero-order valence-corrected chi connectivity index (χ0v) is 12.4. The summed E-state index contributed by atoms with van der Waals surface area (Å²) in [5.74, 6) is 0. The molecule has 0 amide bonds. The van der Waals surface area contributed by atoms with Gasteiger partial charge in [0, 0.05) is 25.7 Å². The van der Waals surface area contributed by atoms with Gasteiger partial charge in [-0.15, -0.1) is 0 Å². The van der Waals surface area contributed by atoms with Crippen LogP contribution in [-0.2, 0) is 16.4 Å². The minimum Gasteiger partial charge on any atom is -0.314 e. The molecule has 1 atom stereocenters. The van der Waals surface area contributed by atoms with Gasteiger partial charge in [-0.1, -0.05) is 25.5 Å². The molecule has 1 aromatic carbocycles. The van der Waals surface area contributed by atoms with Crippen molar-refractivity contribution in [3.05, 3.63) is 29.8 Å². The number of rotatable bonds is 4. The summed E-state index contributed by atoms with van der Waals surface area (Å²) in [4.78, 5) is 0.404. The Morgan fingerprint density at radius 3 is 2.58 bits per heavy atom. The fourth-order valence-corrected chi connectivity index (χ4v) is 4.06. The highest BCUT2D eigenvalue weighted by Gasteiger charge is 2.30. The standard InChI is InChI=1S/C14H22N2O2S/c1-3-4-13-5-7-14(8-6-13)19(17,18)16-10-9-15-11-12(16)2/h5-8,12,15H,3-4,9-11H2,1-2H3. The van der Waals surface area contributed by atoms with Gasteiger partial charge < -0.3 is 5.32 Å². The van der Waals surface area contributed by atoms with E-state index in [4.69, 9.17) is 0 Å². The van der Waals surface area contributed by atoms with Gasteiger partial charge in [0.05, 0.1) is 4.90 Å². The predicted octanol–water partition coefficient (Wildman–Crippen LogP) is 1.62. The molecule has 0 saturated carbocycles. The summed E-state index contributed by atoms with van der Waals surface area (Å²) in [5.41, 5.74) is 1.19. The number of hydrogen-bond acceptors (Lipinski definition) is 3. The lowest BCUT2D eigenvalue weighted by atomic mass is 10.1. The van der Waals surface area contributed by atoms with Gasteiger partial charge in [0.2, 0.25) is 10.0 Å². The molecular formula is C14H22N2O2S. The van der Waals surface area contributed by atoms with Crippen LogP contribution in [0.4, 0.5) is 0 Å². The summed E-state index contributed by atoms with van der Waals surface area (Å²) in [5, 5.41) is 3.21. The molecule has 1 saturated heterocycles. The molecule has 4 nitrogen and oxygen atoms in total. The molecule has 0 bridgehead atoms. The Balaban J connectivity index is 2.23. The average Bonchev–Trinajstić information content (AvgIpc) is 2.40. The van der Waals surface area contributed by atoms with Crippen LogP contribution in [0.25, 0.3) is 0 Å². The van der Waals surface area contributed by atoms with E-state index in [1.165, 1.54) is 5.56 Å². The van der Waals surface area contributed by atoms with E-state index in [1.807, 2.05) is 19.1 Å². The maximum absolute atomic E-state index is 12.6. The number of sulfonamides is 1. The maximum Gasteiger partial charge on any atom is 0.243 e. The molecule has 0 spiro atoms. The van der Waals surface area contributed by atoms with Crippen molar-refractivity contribution in [3.63, 3.8) is 0 Å². The summed E-state index contributed by atoms with van der Waals surface area (Å²) < 4.78 is 26.7. The minimum atomic E-state index is -3.35. The van der Waals surface area contributed by atoms with E-state index >= 15 is 0 Å². The largest absolute Gasteiger partial charge is 0.314 e. The quantitative estimate of drug-likeness (QED) is 0.913. The lowest BCUT2D eigenvalue weighted by molar-refractivity contribution is 0.284. The second-order valence-corrected chi connectivity index (χ2v) is 6.95. The third kappa shape index (κ3) is 3.16. The van der Waals surface area contributed by atoms with Crippen molar-refractivity contribution < 1.29 is 8.42 Å². The topological polar surface area (TPSA) is 49.4 Å². The molecule has 1 aliphatic rings. The smallest absolute Gasteiger partial charge is 0.243 e. The number of benzene rings is 1. The van der Waals surface area contributed by atoms with Gasteiger partial charge in [0.15, 0.2) is 0 Å². The third-order valence-corrected chi connectivity index (χ3v) is 5.54. The predicted molar refractivity (Wildman–Crippen MR) is 76.7 cm³/mol. The molecule has 1 heterocycles. The van der Waals surface area contributed by atoms with Crippen LogP contribution in [0.2, 0.25) is 0 Å². The zero-order valence-electron chi connectivity index (χ0n) is 11.6. The first-order chi connectivity index (χ1) is 9.05. The summed E-state index contributed by atoms with van der Waals surface area (Å²) in [6, 6.07) is 7.31. The Morgan fingerprint density at radius 2 is 2.00 bits per heavy atom. The first-order valence-electron chi connectivity index (χ1n) is 6.87. The molecule has 1 N–H and O–H groups in total. The van der Waals surface area contributed by atoms with Crippen molar-refractivity contribution in [2.45, 2.75) is 37.6 Å². The van der Waals surface area contributed by atoms with Gasteiger partial charge in [-0.05, 0) is 31.0 Å². The van der Waals surface area contributed by atoms with Crippen molar-refractivity contribution in [1.82, 2.24) is 9.62 Å². The highest BCUT2D eigenvalue weighted by Crippen LogP contribution is 2.20. The molecule has 1 fully saturated rings. The molecule has 1 aliphatic heterocycles. The van der Waals surface area contributed by atoms with Gasteiger partial charge in [0.1, 0.15) is 0 Å². The minimum absolute atomic E-state index is 0.00840. The first kappa shape index (κ1) is 14.5. The van der Waals surface area contributed by atoms with Crippen LogP contribution in [0.3, 0.4) is 0 Å². The van der Waals surface area contributed by atoms with E-state index in [1.54, 1.807) is 16.4 Å². The van der Waals surface area contributed by atoms with Gasteiger partial charge in [-0.2, -0.15) is 4.31 Å². The molecule has 1 unspecified atom stereocenters. The lowest BCUT2D eigenvalue weighted by Gasteiger charge is -2.32.